The zero-order valence-corrected chi connectivity index (χ0v) is 9.91. The Hall–Kier alpha value is -1.10. The summed E-state index contributed by atoms with van der Waals surface area (Å²) in [4.78, 5) is 22.5. The van der Waals surface area contributed by atoms with Crippen molar-refractivity contribution < 1.29 is 14.3 Å². The van der Waals surface area contributed by atoms with Crippen molar-refractivity contribution in [2.45, 2.75) is 44.7 Å². The van der Waals surface area contributed by atoms with Crippen molar-refractivity contribution in [3.05, 3.63) is 0 Å². The molecule has 0 aromatic carbocycles. The Kier molecular flexibility index (Phi) is 5.25. The number of rotatable bonds is 5. The second-order valence-electron chi connectivity index (χ2n) is 4.14. The lowest BCUT2D eigenvalue weighted by Crippen LogP contribution is -2.39. The second kappa shape index (κ2) is 6.48. The first-order valence-electron chi connectivity index (χ1n) is 5.74. The maximum absolute atomic E-state index is 11.5. The monoisotopic (exact) mass is 228 g/mol. The van der Waals surface area contributed by atoms with E-state index < -0.39 is 12.0 Å². The molecule has 1 aliphatic heterocycles. The molecule has 0 spiro atoms. The molecule has 2 N–H and O–H groups in total. The lowest BCUT2D eigenvalue weighted by atomic mass is 10.1. The summed E-state index contributed by atoms with van der Waals surface area (Å²) < 4.78 is 4.52. The van der Waals surface area contributed by atoms with E-state index in [1.165, 1.54) is 13.5 Å². The molecule has 1 rings (SSSR count). The van der Waals surface area contributed by atoms with E-state index in [2.05, 4.69) is 15.4 Å². The molecular formula is C11H20N2O3. The van der Waals surface area contributed by atoms with Crippen LogP contribution in [0.3, 0.4) is 0 Å². The molecule has 0 aromatic heterocycles. The average molecular weight is 228 g/mol. The summed E-state index contributed by atoms with van der Waals surface area (Å²) in [5, 5.41) is 5.94. The summed E-state index contributed by atoms with van der Waals surface area (Å²) >= 11 is 0. The Morgan fingerprint density at radius 3 is 2.88 bits per heavy atom. The number of nitrogens with one attached hydrogen (secondary N) is 2. The normalized spacial score (nSPS) is 21.5. The molecule has 1 saturated heterocycles. The molecule has 2 atom stereocenters. The van der Waals surface area contributed by atoms with Crippen LogP contribution in [0.15, 0.2) is 0 Å². The summed E-state index contributed by atoms with van der Waals surface area (Å²) in [6, 6.07) is -0.103. The lowest BCUT2D eigenvalue weighted by molar-refractivity contribution is -0.144. The first kappa shape index (κ1) is 13.0. The molecule has 1 heterocycles. The fourth-order valence-electron chi connectivity index (χ4n) is 1.86. The summed E-state index contributed by atoms with van der Waals surface area (Å²) in [6.45, 7) is 2.67. The molecule has 0 aromatic rings. The van der Waals surface area contributed by atoms with E-state index in [4.69, 9.17) is 0 Å². The minimum Gasteiger partial charge on any atom is -0.467 e. The largest absolute Gasteiger partial charge is 0.467 e. The van der Waals surface area contributed by atoms with Crippen molar-refractivity contribution in [2.24, 2.45) is 0 Å². The Balaban J connectivity index is 2.17. The van der Waals surface area contributed by atoms with Gasteiger partial charge >= 0.3 is 5.97 Å². The van der Waals surface area contributed by atoms with Crippen molar-refractivity contribution in [2.75, 3.05) is 13.7 Å². The lowest BCUT2D eigenvalue weighted by Gasteiger charge is -2.13. The highest BCUT2D eigenvalue weighted by Crippen LogP contribution is 2.10. The number of methoxy groups -OCH3 is 1. The number of carbonyl (C=O) groups is 2. The van der Waals surface area contributed by atoms with Crippen LogP contribution >= 0.6 is 0 Å². The molecule has 16 heavy (non-hydrogen) atoms. The van der Waals surface area contributed by atoms with E-state index in [1.807, 2.05) is 0 Å². The first-order chi connectivity index (χ1) is 7.63. The van der Waals surface area contributed by atoms with Crippen molar-refractivity contribution in [3.8, 4) is 0 Å². The zero-order valence-electron chi connectivity index (χ0n) is 9.91. The Labute approximate surface area is 95.9 Å². The molecule has 92 valence electrons. The van der Waals surface area contributed by atoms with Gasteiger partial charge in [-0.05, 0) is 32.7 Å². The molecule has 0 radical (unpaired) electrons. The van der Waals surface area contributed by atoms with Gasteiger partial charge in [-0.3, -0.25) is 4.79 Å². The van der Waals surface area contributed by atoms with Gasteiger partial charge in [-0.2, -0.15) is 0 Å². The standard InChI is InChI=1S/C11H20N2O3/c1-8(11(15)16-2)13-10(14)6-5-9-4-3-7-12-9/h8-9,12H,3-7H2,1-2H3,(H,13,14)/t8-,9?/m0/s1. The van der Waals surface area contributed by atoms with Crippen LogP contribution in [0.1, 0.15) is 32.6 Å². The van der Waals surface area contributed by atoms with Crippen LogP contribution in [0, 0.1) is 0 Å². The topological polar surface area (TPSA) is 67.4 Å². The Bertz CT molecular complexity index is 250. The van der Waals surface area contributed by atoms with E-state index in [-0.39, 0.29) is 5.91 Å². The summed E-state index contributed by atoms with van der Waals surface area (Å²) in [5.41, 5.74) is 0. The predicted octanol–water partition coefficient (Wildman–Crippen LogP) is 0.196. The number of esters is 1. The number of hydrogen-bond donors (Lipinski definition) is 2. The van der Waals surface area contributed by atoms with Crippen LogP contribution in [0.25, 0.3) is 0 Å². The predicted molar refractivity (Wildman–Crippen MR) is 59.9 cm³/mol. The van der Waals surface area contributed by atoms with E-state index in [0.29, 0.717) is 12.5 Å². The maximum Gasteiger partial charge on any atom is 0.328 e. The Morgan fingerprint density at radius 1 is 1.56 bits per heavy atom. The smallest absolute Gasteiger partial charge is 0.328 e. The highest BCUT2D eigenvalue weighted by atomic mass is 16.5. The quantitative estimate of drug-likeness (QED) is 0.659. The van der Waals surface area contributed by atoms with Crippen LogP contribution in [-0.4, -0.2) is 37.6 Å². The Morgan fingerprint density at radius 2 is 2.31 bits per heavy atom. The number of hydrogen-bond acceptors (Lipinski definition) is 4. The second-order valence-corrected chi connectivity index (χ2v) is 4.14. The minimum atomic E-state index is -0.561. The summed E-state index contributed by atoms with van der Waals surface area (Å²) in [5.74, 6) is -0.501. The fourth-order valence-corrected chi connectivity index (χ4v) is 1.86. The molecule has 1 amide bonds. The van der Waals surface area contributed by atoms with Gasteiger partial charge in [0.25, 0.3) is 0 Å². The summed E-state index contributed by atoms with van der Waals surface area (Å²) in [7, 11) is 1.31. The van der Waals surface area contributed by atoms with E-state index >= 15 is 0 Å². The van der Waals surface area contributed by atoms with Gasteiger partial charge in [-0.25, -0.2) is 4.79 Å². The van der Waals surface area contributed by atoms with Crippen molar-refractivity contribution in [1.82, 2.24) is 10.6 Å². The highest BCUT2D eigenvalue weighted by molar-refractivity contribution is 5.84. The van der Waals surface area contributed by atoms with Crippen LogP contribution < -0.4 is 10.6 Å². The van der Waals surface area contributed by atoms with Crippen LogP contribution in [-0.2, 0) is 14.3 Å². The van der Waals surface area contributed by atoms with Gasteiger partial charge < -0.3 is 15.4 Å². The van der Waals surface area contributed by atoms with Crippen LogP contribution in [0.2, 0.25) is 0 Å². The van der Waals surface area contributed by atoms with Gasteiger partial charge in [0, 0.05) is 12.5 Å². The fraction of sp³-hybridized carbons (Fsp3) is 0.818. The van der Waals surface area contributed by atoms with Crippen molar-refractivity contribution in [1.29, 1.82) is 0 Å². The van der Waals surface area contributed by atoms with Crippen LogP contribution in [0.4, 0.5) is 0 Å². The molecule has 5 heteroatoms. The molecule has 1 unspecified atom stereocenters. The molecule has 1 fully saturated rings. The third-order valence-corrected chi connectivity index (χ3v) is 2.81. The van der Waals surface area contributed by atoms with Crippen LogP contribution in [0.5, 0.6) is 0 Å². The molecular weight excluding hydrogens is 208 g/mol. The molecule has 0 bridgehead atoms. The van der Waals surface area contributed by atoms with Crippen molar-refractivity contribution >= 4 is 11.9 Å². The number of carbonyl (C=O) groups excluding carboxylic acids is 2. The van der Waals surface area contributed by atoms with Crippen molar-refractivity contribution in [3.63, 3.8) is 0 Å². The first-order valence-corrected chi connectivity index (χ1v) is 5.74. The van der Waals surface area contributed by atoms with Gasteiger partial charge in [-0.1, -0.05) is 0 Å². The molecule has 0 aliphatic carbocycles. The molecule has 1 aliphatic rings. The molecule has 5 nitrogen and oxygen atoms in total. The van der Waals surface area contributed by atoms with Gasteiger partial charge in [0.1, 0.15) is 6.04 Å². The molecule has 0 saturated carbocycles. The third kappa shape index (κ3) is 4.18. The average Bonchev–Trinajstić information content (AvgIpc) is 2.78. The number of amides is 1. The SMILES string of the molecule is COC(=O)[C@H](C)NC(=O)CCC1CCCN1. The minimum absolute atomic E-state index is 0.0911. The maximum atomic E-state index is 11.5. The van der Waals surface area contributed by atoms with E-state index in [1.54, 1.807) is 6.92 Å². The third-order valence-electron chi connectivity index (χ3n) is 2.81. The number of ether oxygens (including phenoxy) is 1. The van der Waals surface area contributed by atoms with Gasteiger partial charge in [-0.15, -0.1) is 0 Å². The zero-order chi connectivity index (χ0) is 12.0. The van der Waals surface area contributed by atoms with E-state index in [0.717, 1.165) is 19.4 Å². The van der Waals surface area contributed by atoms with Gasteiger partial charge in [0.2, 0.25) is 5.91 Å². The van der Waals surface area contributed by atoms with E-state index in [9.17, 15) is 9.59 Å². The summed E-state index contributed by atoms with van der Waals surface area (Å²) in [6.07, 6.45) is 3.61. The van der Waals surface area contributed by atoms with Gasteiger partial charge in [0.05, 0.1) is 7.11 Å². The highest BCUT2D eigenvalue weighted by Gasteiger charge is 2.18. The van der Waals surface area contributed by atoms with Gasteiger partial charge in [0.15, 0.2) is 0 Å².